The quantitative estimate of drug-likeness (QED) is 0.239. The van der Waals surface area contributed by atoms with Crippen LogP contribution in [0.5, 0.6) is 5.75 Å². The summed E-state index contributed by atoms with van der Waals surface area (Å²) in [4.78, 5) is 11.3. The summed E-state index contributed by atoms with van der Waals surface area (Å²) in [5.41, 5.74) is 4.66. The zero-order chi connectivity index (χ0) is 16.2. The van der Waals surface area contributed by atoms with Crippen molar-refractivity contribution in [3.05, 3.63) is 17.7 Å². The smallest absolute Gasteiger partial charge is 0.294 e. The van der Waals surface area contributed by atoms with E-state index in [-0.39, 0.29) is 12.2 Å². The zero-order valence-electron chi connectivity index (χ0n) is 11.4. The molecule has 1 aromatic rings. The van der Waals surface area contributed by atoms with E-state index in [9.17, 15) is 18.3 Å². The fourth-order valence-corrected chi connectivity index (χ4v) is 2.03. The number of hydrogen-bond acceptors (Lipinski definition) is 7. The van der Waals surface area contributed by atoms with Crippen LogP contribution < -0.4 is 11.1 Å². The van der Waals surface area contributed by atoms with Gasteiger partial charge in [0.15, 0.2) is 12.0 Å². The molecular weight excluding hydrogens is 304 g/mol. The Bertz CT molecular complexity index is 626. The number of phenolic OH excluding ortho intramolecular Hbond substituents is 1. The van der Waals surface area contributed by atoms with Gasteiger partial charge < -0.3 is 25.6 Å². The Labute approximate surface area is 121 Å². The number of carbonyl (C=O) groups excluding carboxylic acids is 1. The first-order valence-electron chi connectivity index (χ1n) is 5.64. The monoisotopic (exact) mass is 320 g/mol. The average molecular weight is 320 g/mol. The number of phenols is 1. The number of benzene rings is 1. The number of nitrogens with two attached hydrogens (primary N) is 1. The molecule has 0 heterocycles. The molecule has 0 aliphatic rings. The molecule has 118 valence electrons. The van der Waals surface area contributed by atoms with Gasteiger partial charge in [-0.25, -0.2) is 0 Å². The SMILES string of the molecule is COC(CNC(=O)c1cc(S(=O)(=O)O)cc(N)c1O)OC. The number of nitrogen functional groups attached to an aromatic ring is 1. The standard InChI is InChI=1S/C11H16N2O7S/c1-19-9(20-2)5-13-11(15)7-3-6(21(16,17)18)4-8(12)10(7)14/h3-4,9,14H,5,12H2,1-2H3,(H,13,15)(H,16,17,18). The zero-order valence-corrected chi connectivity index (χ0v) is 12.2. The lowest BCUT2D eigenvalue weighted by Gasteiger charge is -2.15. The Hall–Kier alpha value is -1.88. The summed E-state index contributed by atoms with van der Waals surface area (Å²) in [6, 6.07) is 1.65. The molecule has 9 nitrogen and oxygen atoms in total. The lowest BCUT2D eigenvalue weighted by molar-refractivity contribution is -0.0974. The van der Waals surface area contributed by atoms with Crippen molar-refractivity contribution in [3.63, 3.8) is 0 Å². The van der Waals surface area contributed by atoms with E-state index < -0.39 is 38.5 Å². The Kier molecular flexibility index (Phi) is 5.49. The van der Waals surface area contributed by atoms with Crippen LogP contribution in [0.4, 0.5) is 5.69 Å². The molecule has 0 fully saturated rings. The number of hydrogen-bond donors (Lipinski definition) is 4. The Morgan fingerprint density at radius 2 is 1.95 bits per heavy atom. The molecule has 0 saturated heterocycles. The molecule has 0 radical (unpaired) electrons. The maximum Gasteiger partial charge on any atom is 0.294 e. The summed E-state index contributed by atoms with van der Waals surface area (Å²) in [5.74, 6) is -1.39. The summed E-state index contributed by atoms with van der Waals surface area (Å²) >= 11 is 0. The number of anilines is 1. The van der Waals surface area contributed by atoms with Crippen LogP contribution in [0.15, 0.2) is 17.0 Å². The van der Waals surface area contributed by atoms with Gasteiger partial charge in [-0.2, -0.15) is 8.42 Å². The van der Waals surface area contributed by atoms with Crippen LogP contribution in [0.2, 0.25) is 0 Å². The summed E-state index contributed by atoms with van der Waals surface area (Å²) in [7, 11) is -1.82. The van der Waals surface area contributed by atoms with Crippen LogP contribution in [0.3, 0.4) is 0 Å². The van der Waals surface area contributed by atoms with E-state index in [1.807, 2.05) is 0 Å². The van der Waals surface area contributed by atoms with E-state index in [4.69, 9.17) is 19.8 Å². The summed E-state index contributed by atoms with van der Waals surface area (Å²) in [6.07, 6.45) is -0.710. The third-order valence-corrected chi connectivity index (χ3v) is 3.44. The number of amides is 1. The van der Waals surface area contributed by atoms with E-state index in [1.165, 1.54) is 14.2 Å². The maximum atomic E-state index is 11.9. The second-order valence-corrected chi connectivity index (χ2v) is 5.42. The Morgan fingerprint density at radius 1 is 1.38 bits per heavy atom. The molecule has 0 saturated carbocycles. The first-order valence-corrected chi connectivity index (χ1v) is 7.08. The van der Waals surface area contributed by atoms with Gasteiger partial charge in [0, 0.05) is 14.2 Å². The van der Waals surface area contributed by atoms with Crippen LogP contribution in [0.1, 0.15) is 10.4 Å². The first-order chi connectivity index (χ1) is 9.70. The van der Waals surface area contributed by atoms with Crippen molar-refractivity contribution in [1.82, 2.24) is 5.32 Å². The Balaban J connectivity index is 3.06. The minimum Gasteiger partial charge on any atom is -0.505 e. The highest BCUT2D eigenvalue weighted by Gasteiger charge is 2.20. The minimum absolute atomic E-state index is 0.0404. The van der Waals surface area contributed by atoms with Crippen molar-refractivity contribution in [3.8, 4) is 5.75 Å². The molecule has 0 aliphatic carbocycles. The molecule has 1 aromatic carbocycles. The molecule has 10 heteroatoms. The largest absolute Gasteiger partial charge is 0.505 e. The number of carbonyl (C=O) groups is 1. The van der Waals surface area contributed by atoms with Gasteiger partial charge in [-0.05, 0) is 12.1 Å². The number of nitrogens with one attached hydrogen (secondary N) is 1. The lowest BCUT2D eigenvalue weighted by Crippen LogP contribution is -2.34. The normalized spacial score (nSPS) is 11.6. The summed E-state index contributed by atoms with van der Waals surface area (Å²) < 4.78 is 40.8. The molecule has 0 spiro atoms. The molecule has 0 aliphatic heterocycles. The minimum atomic E-state index is -4.56. The molecule has 1 amide bonds. The van der Waals surface area contributed by atoms with E-state index in [0.29, 0.717) is 0 Å². The van der Waals surface area contributed by atoms with E-state index in [1.54, 1.807) is 0 Å². The highest BCUT2D eigenvalue weighted by Crippen LogP contribution is 2.28. The molecule has 0 aromatic heterocycles. The van der Waals surface area contributed by atoms with Gasteiger partial charge in [-0.3, -0.25) is 9.35 Å². The lowest BCUT2D eigenvalue weighted by atomic mass is 10.1. The predicted octanol–water partition coefficient (Wildman–Crippen LogP) is -0.430. The highest BCUT2D eigenvalue weighted by molar-refractivity contribution is 7.85. The van der Waals surface area contributed by atoms with Crippen LogP contribution in [-0.2, 0) is 19.6 Å². The van der Waals surface area contributed by atoms with Crippen molar-refractivity contribution in [1.29, 1.82) is 0 Å². The van der Waals surface area contributed by atoms with E-state index in [2.05, 4.69) is 5.32 Å². The van der Waals surface area contributed by atoms with Gasteiger partial charge in [0.05, 0.1) is 22.7 Å². The van der Waals surface area contributed by atoms with Gasteiger partial charge >= 0.3 is 0 Å². The fourth-order valence-electron chi connectivity index (χ4n) is 1.49. The number of ether oxygens (including phenoxy) is 2. The van der Waals surface area contributed by atoms with Gasteiger partial charge in [-0.15, -0.1) is 0 Å². The van der Waals surface area contributed by atoms with Gasteiger partial charge in [-0.1, -0.05) is 0 Å². The number of aromatic hydroxyl groups is 1. The molecule has 0 atom stereocenters. The molecule has 0 unspecified atom stereocenters. The van der Waals surface area contributed by atoms with Crippen molar-refractivity contribution in [2.75, 3.05) is 26.5 Å². The van der Waals surface area contributed by atoms with Gasteiger partial charge in [0.1, 0.15) is 0 Å². The van der Waals surface area contributed by atoms with E-state index >= 15 is 0 Å². The topological polar surface area (TPSA) is 148 Å². The molecule has 21 heavy (non-hydrogen) atoms. The second-order valence-electron chi connectivity index (χ2n) is 3.99. The van der Waals surface area contributed by atoms with Crippen molar-refractivity contribution < 1.29 is 32.3 Å². The third kappa shape index (κ3) is 4.29. The third-order valence-electron chi connectivity index (χ3n) is 2.61. The van der Waals surface area contributed by atoms with Crippen molar-refractivity contribution in [2.45, 2.75) is 11.2 Å². The second kappa shape index (κ2) is 6.72. The predicted molar refractivity (Wildman–Crippen MR) is 72.5 cm³/mol. The first kappa shape index (κ1) is 17.2. The van der Waals surface area contributed by atoms with Crippen LogP contribution in [0, 0.1) is 0 Å². The molecule has 0 bridgehead atoms. The number of rotatable bonds is 6. The average Bonchev–Trinajstić information content (AvgIpc) is 2.41. The highest BCUT2D eigenvalue weighted by atomic mass is 32.2. The molecule has 5 N–H and O–H groups in total. The van der Waals surface area contributed by atoms with E-state index in [0.717, 1.165) is 12.1 Å². The molecular formula is C11H16N2O7S. The van der Waals surface area contributed by atoms with Crippen LogP contribution in [-0.4, -0.2) is 51.0 Å². The number of methoxy groups -OCH3 is 2. The van der Waals surface area contributed by atoms with Crippen LogP contribution >= 0.6 is 0 Å². The summed E-state index contributed by atoms with van der Waals surface area (Å²) in [5, 5.41) is 12.1. The Morgan fingerprint density at radius 3 is 2.43 bits per heavy atom. The fraction of sp³-hybridized carbons (Fsp3) is 0.364. The molecule has 1 rings (SSSR count). The van der Waals surface area contributed by atoms with Crippen molar-refractivity contribution >= 4 is 21.7 Å². The van der Waals surface area contributed by atoms with Gasteiger partial charge in [0.2, 0.25) is 0 Å². The summed E-state index contributed by atoms with van der Waals surface area (Å²) in [6.45, 7) is -0.0404. The maximum absolute atomic E-state index is 11.9. The van der Waals surface area contributed by atoms with Crippen LogP contribution in [0.25, 0.3) is 0 Å². The van der Waals surface area contributed by atoms with Gasteiger partial charge in [0.25, 0.3) is 16.0 Å². The van der Waals surface area contributed by atoms with Crippen molar-refractivity contribution in [2.24, 2.45) is 0 Å².